The lowest BCUT2D eigenvalue weighted by molar-refractivity contribution is -0.159. The first kappa shape index (κ1) is 24.8. The van der Waals surface area contributed by atoms with Crippen molar-refractivity contribution in [2.45, 2.75) is 12.7 Å². The minimum atomic E-state index is -4.33. The minimum absolute atomic E-state index is 0.210. The van der Waals surface area contributed by atoms with Crippen LogP contribution in [0.1, 0.15) is 21.5 Å². The molecule has 0 unspecified atom stereocenters. The van der Waals surface area contributed by atoms with Gasteiger partial charge >= 0.3 is 18.1 Å². The maximum Gasteiger partial charge on any atom is 0.416 e. The summed E-state index contributed by atoms with van der Waals surface area (Å²) >= 11 is 0. The molecule has 1 amide bonds. The zero-order chi connectivity index (χ0) is 23.9. The average molecular weight is 456 g/mol. The smallest absolute Gasteiger partial charge is 0.416 e. The summed E-state index contributed by atoms with van der Waals surface area (Å²) < 4.78 is 51.0. The third-order valence-corrected chi connectivity index (χ3v) is 4.60. The van der Waals surface area contributed by atoms with Crippen LogP contribution in [0.25, 0.3) is 0 Å². The van der Waals surface area contributed by atoms with Gasteiger partial charge in [-0.15, -0.1) is 0 Å². The van der Waals surface area contributed by atoms with Crippen LogP contribution < -0.4 is 0 Å². The number of benzene rings is 2. The lowest BCUT2D eigenvalue weighted by atomic mass is 10.1. The van der Waals surface area contributed by atoms with E-state index in [2.05, 4.69) is 4.90 Å². The van der Waals surface area contributed by atoms with Crippen molar-refractivity contribution >= 4 is 17.8 Å². The van der Waals surface area contributed by atoms with E-state index in [-0.39, 0.29) is 5.91 Å². The molecule has 1 aliphatic heterocycles. The molecule has 0 atom stereocenters. The normalized spacial score (nSPS) is 14.3. The van der Waals surface area contributed by atoms with E-state index >= 15 is 0 Å². The summed E-state index contributed by atoms with van der Waals surface area (Å²) in [5.41, 5.74) is 0.454. The number of carboxylic acid groups (broad SMARTS) is 2. The van der Waals surface area contributed by atoms with Crippen molar-refractivity contribution in [2.24, 2.45) is 0 Å². The van der Waals surface area contributed by atoms with Gasteiger partial charge in [0.25, 0.3) is 5.91 Å². The van der Waals surface area contributed by atoms with Crippen LogP contribution in [0.5, 0.6) is 0 Å². The molecular formula is C21H20F4N2O5. The number of amides is 1. The first-order valence-corrected chi connectivity index (χ1v) is 9.37. The highest BCUT2D eigenvalue weighted by molar-refractivity contribution is 6.27. The summed E-state index contributed by atoms with van der Waals surface area (Å²) in [7, 11) is 0. The Bertz CT molecular complexity index is 943. The van der Waals surface area contributed by atoms with E-state index in [1.807, 2.05) is 0 Å². The molecular weight excluding hydrogens is 436 g/mol. The molecule has 0 bridgehead atoms. The molecule has 1 heterocycles. The van der Waals surface area contributed by atoms with Gasteiger partial charge in [-0.3, -0.25) is 9.69 Å². The molecule has 0 radical (unpaired) electrons. The van der Waals surface area contributed by atoms with E-state index in [0.717, 1.165) is 17.7 Å². The Morgan fingerprint density at radius 3 is 1.91 bits per heavy atom. The third kappa shape index (κ3) is 7.34. The largest absolute Gasteiger partial charge is 0.473 e. The first-order valence-electron chi connectivity index (χ1n) is 9.37. The Labute approximate surface area is 180 Å². The number of hydrogen-bond acceptors (Lipinski definition) is 4. The van der Waals surface area contributed by atoms with E-state index in [4.69, 9.17) is 19.8 Å². The molecule has 11 heteroatoms. The molecule has 0 aromatic heterocycles. The van der Waals surface area contributed by atoms with Crippen LogP contribution in [-0.4, -0.2) is 64.0 Å². The molecule has 3 rings (SSSR count). The van der Waals surface area contributed by atoms with Gasteiger partial charge in [-0.2, -0.15) is 13.2 Å². The molecule has 0 spiro atoms. The highest BCUT2D eigenvalue weighted by Gasteiger charge is 2.30. The van der Waals surface area contributed by atoms with Gasteiger partial charge in [-0.05, 0) is 35.9 Å². The fraction of sp³-hybridized carbons (Fsp3) is 0.286. The Kier molecular flexibility index (Phi) is 8.30. The standard InChI is InChI=1S/C19H18F4N2O.C2H2O4/c20-17-3-1-2-15(12-17)18(26)25-10-8-24(9-11-25)13-14-4-6-16(7-5-14)19(21,22)23;3-1(4)2(5)6/h1-7,12H,8-11,13H2;(H,3,4)(H,5,6). The lowest BCUT2D eigenvalue weighted by Crippen LogP contribution is -2.48. The van der Waals surface area contributed by atoms with Crippen molar-refractivity contribution in [2.75, 3.05) is 26.2 Å². The molecule has 2 aromatic carbocycles. The summed E-state index contributed by atoms with van der Waals surface area (Å²) in [6, 6.07) is 10.7. The van der Waals surface area contributed by atoms with Gasteiger partial charge in [0.1, 0.15) is 5.82 Å². The molecule has 2 aromatic rings. The maximum atomic E-state index is 13.3. The summed E-state index contributed by atoms with van der Waals surface area (Å²) in [5, 5.41) is 14.8. The number of carboxylic acids is 2. The van der Waals surface area contributed by atoms with Crippen molar-refractivity contribution in [1.82, 2.24) is 9.80 Å². The second kappa shape index (κ2) is 10.7. The molecule has 1 fully saturated rings. The number of hydrogen-bond donors (Lipinski definition) is 2. The van der Waals surface area contributed by atoms with Gasteiger partial charge in [-0.25, -0.2) is 14.0 Å². The van der Waals surface area contributed by atoms with E-state index in [1.165, 1.54) is 30.3 Å². The van der Waals surface area contributed by atoms with Crippen LogP contribution in [0.4, 0.5) is 17.6 Å². The minimum Gasteiger partial charge on any atom is -0.473 e. The fourth-order valence-electron chi connectivity index (χ4n) is 2.97. The quantitative estimate of drug-likeness (QED) is 0.545. The van der Waals surface area contributed by atoms with Gasteiger partial charge in [0.2, 0.25) is 0 Å². The second-order valence-corrected chi connectivity index (χ2v) is 6.88. The molecule has 1 aliphatic rings. The van der Waals surface area contributed by atoms with Gasteiger partial charge in [0.15, 0.2) is 0 Å². The highest BCUT2D eigenvalue weighted by Crippen LogP contribution is 2.29. The third-order valence-electron chi connectivity index (χ3n) is 4.60. The van der Waals surface area contributed by atoms with Crippen LogP contribution in [0.15, 0.2) is 48.5 Å². The lowest BCUT2D eigenvalue weighted by Gasteiger charge is -2.34. The highest BCUT2D eigenvalue weighted by atomic mass is 19.4. The van der Waals surface area contributed by atoms with Crippen molar-refractivity contribution in [3.8, 4) is 0 Å². The first-order chi connectivity index (χ1) is 15.0. The van der Waals surface area contributed by atoms with Crippen LogP contribution in [0.2, 0.25) is 0 Å². The Hall–Kier alpha value is -3.47. The molecule has 7 nitrogen and oxygen atoms in total. The summed E-state index contributed by atoms with van der Waals surface area (Å²) in [6.45, 7) is 2.75. The van der Waals surface area contributed by atoms with Crippen LogP contribution in [0, 0.1) is 5.82 Å². The van der Waals surface area contributed by atoms with E-state index in [0.29, 0.717) is 38.3 Å². The molecule has 172 valence electrons. The van der Waals surface area contributed by atoms with Gasteiger partial charge in [-0.1, -0.05) is 18.2 Å². The number of nitrogens with zero attached hydrogens (tertiary/aromatic N) is 2. The fourth-order valence-corrected chi connectivity index (χ4v) is 2.97. The summed E-state index contributed by atoms with van der Waals surface area (Å²) in [4.78, 5) is 34.3. The number of carbonyl (C=O) groups excluding carboxylic acids is 1. The van der Waals surface area contributed by atoms with Crippen molar-refractivity contribution in [1.29, 1.82) is 0 Å². The Balaban J connectivity index is 0.000000534. The molecule has 1 saturated heterocycles. The van der Waals surface area contributed by atoms with Crippen LogP contribution in [0.3, 0.4) is 0 Å². The Morgan fingerprint density at radius 2 is 1.44 bits per heavy atom. The number of carbonyl (C=O) groups is 3. The van der Waals surface area contributed by atoms with E-state index in [1.54, 1.807) is 11.0 Å². The summed E-state index contributed by atoms with van der Waals surface area (Å²) in [5.74, 6) is -4.31. The molecule has 2 N–H and O–H groups in total. The van der Waals surface area contributed by atoms with Crippen LogP contribution >= 0.6 is 0 Å². The Morgan fingerprint density at radius 1 is 0.875 bits per heavy atom. The van der Waals surface area contributed by atoms with E-state index < -0.39 is 29.5 Å². The van der Waals surface area contributed by atoms with Gasteiger partial charge in [0, 0.05) is 38.3 Å². The summed E-state index contributed by atoms with van der Waals surface area (Å²) in [6.07, 6.45) is -4.33. The molecule has 0 saturated carbocycles. The zero-order valence-electron chi connectivity index (χ0n) is 16.7. The maximum absolute atomic E-state index is 13.3. The van der Waals surface area contributed by atoms with Gasteiger partial charge in [0.05, 0.1) is 5.56 Å². The number of aliphatic carboxylic acids is 2. The number of piperazine rings is 1. The van der Waals surface area contributed by atoms with Gasteiger partial charge < -0.3 is 15.1 Å². The van der Waals surface area contributed by atoms with Crippen LogP contribution in [-0.2, 0) is 22.3 Å². The molecule has 0 aliphatic carbocycles. The monoisotopic (exact) mass is 456 g/mol. The van der Waals surface area contributed by atoms with E-state index in [9.17, 15) is 22.4 Å². The molecule has 32 heavy (non-hydrogen) atoms. The predicted octanol–water partition coefficient (Wildman–Crippen LogP) is 2.96. The van der Waals surface area contributed by atoms with Crippen molar-refractivity contribution in [3.05, 3.63) is 71.0 Å². The number of rotatable bonds is 3. The topological polar surface area (TPSA) is 98.1 Å². The van der Waals surface area contributed by atoms with Crippen molar-refractivity contribution < 1.29 is 42.2 Å². The second-order valence-electron chi connectivity index (χ2n) is 6.88. The SMILES string of the molecule is O=C(O)C(=O)O.O=C(c1cccc(F)c1)N1CCN(Cc2ccc(C(F)(F)F)cc2)CC1. The average Bonchev–Trinajstić information content (AvgIpc) is 2.74. The zero-order valence-corrected chi connectivity index (χ0v) is 16.7. The predicted molar refractivity (Wildman–Crippen MR) is 104 cm³/mol. The number of alkyl halides is 3. The van der Waals surface area contributed by atoms with Crippen molar-refractivity contribution in [3.63, 3.8) is 0 Å². The number of halogens is 4.